The maximum atomic E-state index is 10.2. The molecule has 4 nitrogen and oxygen atoms in total. The fourth-order valence-electron chi connectivity index (χ4n) is 2.35. The lowest BCUT2D eigenvalue weighted by molar-refractivity contribution is 0.166. The zero-order valence-electron chi connectivity index (χ0n) is 13.0. The van der Waals surface area contributed by atoms with Gasteiger partial charge in [0.2, 0.25) is 0 Å². The summed E-state index contributed by atoms with van der Waals surface area (Å²) in [5.41, 5.74) is 2.03. The van der Waals surface area contributed by atoms with Crippen LogP contribution in [0, 0.1) is 0 Å². The van der Waals surface area contributed by atoms with Crippen molar-refractivity contribution in [2.24, 2.45) is 0 Å². The summed E-state index contributed by atoms with van der Waals surface area (Å²) < 4.78 is 10.5. The van der Waals surface area contributed by atoms with Crippen molar-refractivity contribution in [2.45, 2.75) is 32.4 Å². The molecule has 0 fully saturated rings. The van der Waals surface area contributed by atoms with Gasteiger partial charge in [0.25, 0.3) is 0 Å². The first kappa shape index (κ1) is 17.0. The maximum Gasteiger partial charge on any atom is 0.0807 e. The molecule has 0 aromatic heterocycles. The van der Waals surface area contributed by atoms with E-state index >= 15 is 0 Å². The number of methoxy groups -OCH3 is 2. The Kier molecular flexibility index (Phi) is 7.59. The van der Waals surface area contributed by atoms with E-state index in [-0.39, 0.29) is 6.04 Å². The Morgan fingerprint density at radius 3 is 2.50 bits per heavy atom. The van der Waals surface area contributed by atoms with Crippen molar-refractivity contribution in [1.82, 2.24) is 0 Å². The van der Waals surface area contributed by atoms with Gasteiger partial charge in [-0.1, -0.05) is 25.1 Å². The molecule has 0 aliphatic rings. The van der Waals surface area contributed by atoms with Crippen LogP contribution in [0.1, 0.15) is 31.9 Å². The molecule has 1 aromatic rings. The van der Waals surface area contributed by atoms with Gasteiger partial charge in [0.05, 0.1) is 19.3 Å². The first-order valence-corrected chi connectivity index (χ1v) is 7.17. The van der Waals surface area contributed by atoms with E-state index in [1.807, 2.05) is 25.1 Å². The molecule has 0 saturated heterocycles. The zero-order chi connectivity index (χ0) is 15.0. The molecular formula is C16H27NO3. The average molecular weight is 281 g/mol. The monoisotopic (exact) mass is 281 g/mol. The van der Waals surface area contributed by atoms with E-state index < -0.39 is 6.10 Å². The van der Waals surface area contributed by atoms with Crippen LogP contribution in [0.15, 0.2) is 24.3 Å². The zero-order valence-corrected chi connectivity index (χ0v) is 13.0. The standard InChI is InChI=1S/C16H27NO3/c1-5-16(18)14-8-6-7-9-15(14)17(10-11-19-3)13(2)12-20-4/h6-9,13,16,18H,5,10-12H2,1-4H3/t13?,16-/m0/s1. The van der Waals surface area contributed by atoms with Gasteiger partial charge in [-0.05, 0) is 19.4 Å². The first-order chi connectivity index (χ1) is 9.65. The number of aliphatic hydroxyl groups excluding tert-OH is 1. The van der Waals surface area contributed by atoms with Crippen LogP contribution < -0.4 is 4.90 Å². The number of hydrogen-bond donors (Lipinski definition) is 1. The van der Waals surface area contributed by atoms with E-state index in [0.29, 0.717) is 19.6 Å². The molecule has 1 unspecified atom stereocenters. The summed E-state index contributed by atoms with van der Waals surface area (Å²) >= 11 is 0. The number of ether oxygens (including phenoxy) is 2. The van der Waals surface area contributed by atoms with Gasteiger partial charge in [-0.25, -0.2) is 0 Å². The SMILES string of the molecule is CC[C@H](O)c1ccccc1N(CCOC)C(C)COC. The summed E-state index contributed by atoms with van der Waals surface area (Å²) in [5, 5.41) is 10.2. The van der Waals surface area contributed by atoms with Crippen LogP contribution in [-0.2, 0) is 9.47 Å². The summed E-state index contributed by atoms with van der Waals surface area (Å²) in [6.07, 6.45) is 0.263. The quantitative estimate of drug-likeness (QED) is 0.755. The van der Waals surface area contributed by atoms with Gasteiger partial charge in [0.15, 0.2) is 0 Å². The third kappa shape index (κ3) is 4.47. The Hall–Kier alpha value is -1.10. The van der Waals surface area contributed by atoms with Crippen molar-refractivity contribution in [2.75, 3.05) is 38.9 Å². The molecule has 0 amide bonds. The third-order valence-corrected chi connectivity index (χ3v) is 3.47. The summed E-state index contributed by atoms with van der Waals surface area (Å²) in [4.78, 5) is 2.24. The van der Waals surface area contributed by atoms with Crippen LogP contribution in [-0.4, -0.2) is 45.1 Å². The van der Waals surface area contributed by atoms with Gasteiger partial charge in [0.1, 0.15) is 0 Å². The van der Waals surface area contributed by atoms with Gasteiger partial charge in [-0.3, -0.25) is 0 Å². The molecule has 0 radical (unpaired) electrons. The number of aliphatic hydroxyl groups is 1. The van der Waals surface area contributed by atoms with Crippen molar-refractivity contribution >= 4 is 5.69 Å². The predicted molar refractivity (Wildman–Crippen MR) is 82.3 cm³/mol. The highest BCUT2D eigenvalue weighted by Gasteiger charge is 2.19. The van der Waals surface area contributed by atoms with Gasteiger partial charge in [0, 0.05) is 38.1 Å². The molecular weight excluding hydrogens is 254 g/mol. The smallest absolute Gasteiger partial charge is 0.0807 e. The van der Waals surface area contributed by atoms with Crippen molar-refractivity contribution in [3.05, 3.63) is 29.8 Å². The highest BCUT2D eigenvalue weighted by Crippen LogP contribution is 2.29. The number of benzene rings is 1. The first-order valence-electron chi connectivity index (χ1n) is 7.17. The normalized spacial score (nSPS) is 14.1. The number of para-hydroxylation sites is 1. The highest BCUT2D eigenvalue weighted by molar-refractivity contribution is 5.55. The third-order valence-electron chi connectivity index (χ3n) is 3.47. The van der Waals surface area contributed by atoms with E-state index in [1.165, 1.54) is 0 Å². The molecule has 0 aliphatic carbocycles. The lowest BCUT2D eigenvalue weighted by Gasteiger charge is -2.33. The lowest BCUT2D eigenvalue weighted by atomic mass is 10.0. The largest absolute Gasteiger partial charge is 0.388 e. The van der Waals surface area contributed by atoms with E-state index in [1.54, 1.807) is 14.2 Å². The summed E-state index contributed by atoms with van der Waals surface area (Å²) in [5.74, 6) is 0. The second-order valence-corrected chi connectivity index (χ2v) is 4.97. The summed E-state index contributed by atoms with van der Waals surface area (Å²) in [6.45, 7) is 6.16. The predicted octanol–water partition coefficient (Wildman–Crippen LogP) is 2.62. The maximum absolute atomic E-state index is 10.2. The van der Waals surface area contributed by atoms with Crippen LogP contribution in [0.2, 0.25) is 0 Å². The van der Waals surface area contributed by atoms with Crippen LogP contribution >= 0.6 is 0 Å². The Balaban J connectivity index is 3.05. The van der Waals surface area contributed by atoms with Crippen LogP contribution in [0.5, 0.6) is 0 Å². The minimum Gasteiger partial charge on any atom is -0.388 e. The Morgan fingerprint density at radius 1 is 1.20 bits per heavy atom. The van der Waals surface area contributed by atoms with Crippen molar-refractivity contribution in [3.8, 4) is 0 Å². The number of anilines is 1. The summed E-state index contributed by atoms with van der Waals surface area (Å²) in [7, 11) is 3.41. The van der Waals surface area contributed by atoms with E-state index in [4.69, 9.17) is 9.47 Å². The fourth-order valence-corrected chi connectivity index (χ4v) is 2.35. The van der Waals surface area contributed by atoms with Gasteiger partial charge in [-0.15, -0.1) is 0 Å². The molecule has 114 valence electrons. The van der Waals surface area contributed by atoms with Gasteiger partial charge in [-0.2, -0.15) is 0 Å². The Bertz CT molecular complexity index is 384. The average Bonchev–Trinajstić information content (AvgIpc) is 2.47. The minimum absolute atomic E-state index is 0.223. The Labute approximate surface area is 122 Å². The molecule has 0 aliphatic heterocycles. The molecule has 1 rings (SSSR count). The van der Waals surface area contributed by atoms with E-state index in [2.05, 4.69) is 17.9 Å². The van der Waals surface area contributed by atoms with Gasteiger partial charge < -0.3 is 19.5 Å². The van der Waals surface area contributed by atoms with E-state index in [9.17, 15) is 5.11 Å². The number of hydrogen-bond acceptors (Lipinski definition) is 4. The molecule has 0 spiro atoms. The molecule has 0 bridgehead atoms. The Morgan fingerprint density at radius 2 is 1.90 bits per heavy atom. The second kappa shape index (κ2) is 8.95. The molecule has 0 heterocycles. The van der Waals surface area contributed by atoms with Gasteiger partial charge >= 0.3 is 0 Å². The summed E-state index contributed by atoms with van der Waals surface area (Å²) in [6, 6.07) is 8.23. The molecule has 1 aromatic carbocycles. The fraction of sp³-hybridized carbons (Fsp3) is 0.625. The second-order valence-electron chi connectivity index (χ2n) is 4.97. The van der Waals surface area contributed by atoms with Crippen LogP contribution in [0.25, 0.3) is 0 Å². The van der Waals surface area contributed by atoms with Crippen LogP contribution in [0.4, 0.5) is 5.69 Å². The van der Waals surface area contributed by atoms with Crippen molar-refractivity contribution < 1.29 is 14.6 Å². The van der Waals surface area contributed by atoms with E-state index in [0.717, 1.165) is 17.8 Å². The molecule has 4 heteroatoms. The van der Waals surface area contributed by atoms with Crippen LogP contribution in [0.3, 0.4) is 0 Å². The highest BCUT2D eigenvalue weighted by atomic mass is 16.5. The number of nitrogens with zero attached hydrogens (tertiary/aromatic N) is 1. The topological polar surface area (TPSA) is 41.9 Å². The molecule has 1 N–H and O–H groups in total. The van der Waals surface area contributed by atoms with Crippen molar-refractivity contribution in [3.63, 3.8) is 0 Å². The van der Waals surface area contributed by atoms with Crippen molar-refractivity contribution in [1.29, 1.82) is 0 Å². The molecule has 20 heavy (non-hydrogen) atoms. The lowest BCUT2D eigenvalue weighted by Crippen LogP contribution is -2.39. The molecule has 2 atom stereocenters. The minimum atomic E-state index is -0.439. The number of rotatable bonds is 9. The molecule has 0 saturated carbocycles.